The summed E-state index contributed by atoms with van der Waals surface area (Å²) in [5.41, 5.74) is 0.242. The first-order valence-electron chi connectivity index (χ1n) is 7.14. The van der Waals surface area contributed by atoms with Crippen LogP contribution in [0.5, 0.6) is 0 Å². The lowest BCUT2D eigenvalue weighted by Crippen LogP contribution is -2.40. The number of carbonyl (C=O) groups excluding carboxylic acids is 1. The molecule has 1 heterocycles. The van der Waals surface area contributed by atoms with E-state index in [-0.39, 0.29) is 11.7 Å². The van der Waals surface area contributed by atoms with Crippen molar-refractivity contribution in [1.29, 1.82) is 0 Å². The first-order chi connectivity index (χ1) is 9.74. The fraction of sp³-hybridized carbons (Fsp3) is 0.533. The van der Waals surface area contributed by atoms with Crippen LogP contribution in [-0.4, -0.2) is 36.7 Å². The maximum absolute atomic E-state index is 13.6. The molecule has 108 valence electrons. The normalized spacial score (nSPS) is 21.8. The van der Waals surface area contributed by atoms with Gasteiger partial charge in [-0.3, -0.25) is 0 Å². The van der Waals surface area contributed by atoms with E-state index in [1.54, 1.807) is 18.2 Å². The van der Waals surface area contributed by atoms with Gasteiger partial charge in [-0.15, -0.1) is 0 Å². The molecule has 0 bridgehead atoms. The largest absolute Gasteiger partial charge is 0.381 e. The molecule has 2 fully saturated rings. The highest BCUT2D eigenvalue weighted by molar-refractivity contribution is 5.89. The molecule has 0 aromatic heterocycles. The number of nitrogens with one attached hydrogen (secondary N) is 1. The second-order valence-electron chi connectivity index (χ2n) is 5.52. The number of hydrogen-bond acceptors (Lipinski definition) is 2. The summed E-state index contributed by atoms with van der Waals surface area (Å²) in [5.74, 6) is 0.00256. The summed E-state index contributed by atoms with van der Waals surface area (Å²) >= 11 is 0. The van der Waals surface area contributed by atoms with Gasteiger partial charge in [0.05, 0.1) is 12.3 Å². The number of halogens is 1. The zero-order chi connectivity index (χ0) is 13.9. The molecule has 1 aliphatic carbocycles. The molecule has 1 aromatic carbocycles. The fourth-order valence-corrected chi connectivity index (χ4v) is 2.54. The van der Waals surface area contributed by atoms with Crippen LogP contribution in [-0.2, 0) is 4.74 Å². The van der Waals surface area contributed by atoms with Crippen LogP contribution in [0, 0.1) is 11.7 Å². The molecule has 3 rings (SSSR count). The topological polar surface area (TPSA) is 41.6 Å². The number of anilines is 1. The molecule has 0 radical (unpaired) electrons. The average molecular weight is 278 g/mol. The quantitative estimate of drug-likeness (QED) is 0.920. The predicted molar refractivity (Wildman–Crippen MR) is 74.1 cm³/mol. The zero-order valence-electron chi connectivity index (χ0n) is 11.3. The minimum Gasteiger partial charge on any atom is -0.381 e. The standard InChI is InChI=1S/C15H19FN2O2/c16-13-3-1-2-4-14(13)17-15(19)18(12-5-6-12)9-11-7-8-20-10-11/h1-4,11-12H,5-10H2,(H,17,19). The van der Waals surface area contributed by atoms with Crippen LogP contribution in [0.2, 0.25) is 0 Å². The number of amides is 2. The number of carbonyl (C=O) groups is 1. The van der Waals surface area contributed by atoms with Gasteiger partial charge in [0.25, 0.3) is 0 Å². The number of hydrogen-bond donors (Lipinski definition) is 1. The van der Waals surface area contributed by atoms with Crippen molar-refractivity contribution in [2.24, 2.45) is 5.92 Å². The van der Waals surface area contributed by atoms with Crippen molar-refractivity contribution in [3.8, 4) is 0 Å². The molecule has 1 saturated carbocycles. The van der Waals surface area contributed by atoms with Crippen LogP contribution in [0.25, 0.3) is 0 Å². The Balaban J connectivity index is 1.64. The lowest BCUT2D eigenvalue weighted by Gasteiger charge is -2.25. The van der Waals surface area contributed by atoms with Crippen LogP contribution in [0.1, 0.15) is 19.3 Å². The summed E-state index contributed by atoms with van der Waals surface area (Å²) in [7, 11) is 0. The third kappa shape index (κ3) is 3.10. The number of urea groups is 1. The second kappa shape index (κ2) is 5.79. The van der Waals surface area contributed by atoms with Gasteiger partial charge in [-0.1, -0.05) is 12.1 Å². The van der Waals surface area contributed by atoms with Crippen molar-refractivity contribution in [3.63, 3.8) is 0 Å². The van der Waals surface area contributed by atoms with Gasteiger partial charge in [0.2, 0.25) is 0 Å². The molecule has 1 N–H and O–H groups in total. The highest BCUT2D eigenvalue weighted by Gasteiger charge is 2.35. The first kappa shape index (κ1) is 13.4. The summed E-state index contributed by atoms with van der Waals surface area (Å²) in [6.45, 7) is 2.19. The number of nitrogens with zero attached hydrogens (tertiary/aromatic N) is 1. The van der Waals surface area contributed by atoms with Crippen molar-refractivity contribution in [2.45, 2.75) is 25.3 Å². The average Bonchev–Trinajstić information content (AvgIpc) is 3.15. The minimum absolute atomic E-state index is 0.204. The number of para-hydroxylation sites is 1. The van der Waals surface area contributed by atoms with Gasteiger partial charge < -0.3 is 15.0 Å². The SMILES string of the molecule is O=C(Nc1ccccc1F)N(CC1CCOC1)C1CC1. The van der Waals surface area contributed by atoms with Gasteiger partial charge in [0.15, 0.2) is 0 Å². The van der Waals surface area contributed by atoms with E-state index in [1.807, 2.05) is 4.90 Å². The molecule has 1 aliphatic heterocycles. The van der Waals surface area contributed by atoms with E-state index in [9.17, 15) is 9.18 Å². The van der Waals surface area contributed by atoms with E-state index in [0.717, 1.165) is 32.5 Å². The van der Waals surface area contributed by atoms with Crippen LogP contribution in [0.4, 0.5) is 14.9 Å². The lowest BCUT2D eigenvalue weighted by molar-refractivity contribution is 0.167. The van der Waals surface area contributed by atoms with Crippen molar-refractivity contribution >= 4 is 11.7 Å². The Hall–Kier alpha value is -1.62. The van der Waals surface area contributed by atoms with Gasteiger partial charge >= 0.3 is 6.03 Å². The summed E-state index contributed by atoms with van der Waals surface area (Å²) in [6, 6.07) is 6.36. The van der Waals surface area contributed by atoms with Crippen LogP contribution >= 0.6 is 0 Å². The highest BCUT2D eigenvalue weighted by atomic mass is 19.1. The Bertz CT molecular complexity index is 485. The maximum atomic E-state index is 13.6. The summed E-state index contributed by atoms with van der Waals surface area (Å²) < 4.78 is 18.9. The molecule has 1 atom stereocenters. The molecule has 4 nitrogen and oxygen atoms in total. The summed E-state index contributed by atoms with van der Waals surface area (Å²) in [6.07, 6.45) is 3.08. The molecule has 1 aromatic rings. The molecule has 1 unspecified atom stereocenters. The number of benzene rings is 1. The molecule has 2 amide bonds. The van der Waals surface area contributed by atoms with Gasteiger partial charge in [-0.25, -0.2) is 9.18 Å². The van der Waals surface area contributed by atoms with E-state index in [4.69, 9.17) is 4.74 Å². The number of rotatable bonds is 4. The summed E-state index contributed by atoms with van der Waals surface area (Å²) in [5, 5.41) is 2.68. The first-order valence-corrected chi connectivity index (χ1v) is 7.14. The van der Waals surface area contributed by atoms with E-state index in [1.165, 1.54) is 6.07 Å². The third-order valence-electron chi connectivity index (χ3n) is 3.84. The van der Waals surface area contributed by atoms with Crippen molar-refractivity contribution in [3.05, 3.63) is 30.1 Å². The van der Waals surface area contributed by atoms with E-state index in [2.05, 4.69) is 5.32 Å². The van der Waals surface area contributed by atoms with Gasteiger partial charge in [-0.05, 0) is 31.4 Å². The Morgan fingerprint density at radius 3 is 2.80 bits per heavy atom. The van der Waals surface area contributed by atoms with Crippen LogP contribution in [0.3, 0.4) is 0 Å². The van der Waals surface area contributed by atoms with E-state index in [0.29, 0.717) is 18.5 Å². The maximum Gasteiger partial charge on any atom is 0.322 e. The molecular formula is C15H19FN2O2. The van der Waals surface area contributed by atoms with Gasteiger partial charge in [0, 0.05) is 25.1 Å². The zero-order valence-corrected chi connectivity index (χ0v) is 11.3. The molecule has 1 saturated heterocycles. The highest BCUT2D eigenvalue weighted by Crippen LogP contribution is 2.29. The lowest BCUT2D eigenvalue weighted by atomic mass is 10.1. The van der Waals surface area contributed by atoms with Crippen molar-refractivity contribution in [2.75, 3.05) is 25.1 Å². The van der Waals surface area contributed by atoms with Crippen molar-refractivity contribution in [1.82, 2.24) is 4.90 Å². The molecule has 20 heavy (non-hydrogen) atoms. The Morgan fingerprint density at radius 2 is 2.15 bits per heavy atom. The van der Waals surface area contributed by atoms with Gasteiger partial charge in [0.1, 0.15) is 5.82 Å². The van der Waals surface area contributed by atoms with E-state index >= 15 is 0 Å². The van der Waals surface area contributed by atoms with Crippen molar-refractivity contribution < 1.29 is 13.9 Å². The Morgan fingerprint density at radius 1 is 1.35 bits per heavy atom. The third-order valence-corrected chi connectivity index (χ3v) is 3.84. The molecule has 0 spiro atoms. The number of ether oxygens (including phenoxy) is 1. The Labute approximate surface area is 117 Å². The second-order valence-corrected chi connectivity index (χ2v) is 5.52. The monoisotopic (exact) mass is 278 g/mol. The summed E-state index contributed by atoms with van der Waals surface area (Å²) in [4.78, 5) is 14.2. The molecule has 5 heteroatoms. The Kier molecular flexibility index (Phi) is 3.87. The van der Waals surface area contributed by atoms with Crippen LogP contribution < -0.4 is 5.32 Å². The van der Waals surface area contributed by atoms with Gasteiger partial charge in [-0.2, -0.15) is 0 Å². The predicted octanol–water partition coefficient (Wildman–Crippen LogP) is 2.86. The fourth-order valence-electron chi connectivity index (χ4n) is 2.54. The smallest absolute Gasteiger partial charge is 0.322 e. The molecule has 2 aliphatic rings. The molecular weight excluding hydrogens is 259 g/mol. The minimum atomic E-state index is -0.402. The van der Waals surface area contributed by atoms with Crippen LogP contribution in [0.15, 0.2) is 24.3 Å². The van der Waals surface area contributed by atoms with E-state index < -0.39 is 5.82 Å².